The highest BCUT2D eigenvalue weighted by Crippen LogP contribution is 2.26. The Hall–Kier alpha value is -2.34. The van der Waals surface area contributed by atoms with Crippen molar-refractivity contribution in [1.29, 1.82) is 0 Å². The molecule has 0 aliphatic rings. The highest BCUT2D eigenvalue weighted by atomic mass is 79.9. The molecule has 0 unspecified atom stereocenters. The van der Waals surface area contributed by atoms with E-state index in [0.29, 0.717) is 17.7 Å². The second-order valence-electron chi connectivity index (χ2n) is 8.85. The number of thiophene rings is 1. The number of amides is 2. The van der Waals surface area contributed by atoms with E-state index in [1.54, 1.807) is 0 Å². The molecule has 1 aromatic heterocycles. The topological polar surface area (TPSA) is 95.6 Å². The summed E-state index contributed by atoms with van der Waals surface area (Å²) in [6, 6.07) is 12.2. The van der Waals surface area contributed by atoms with Gasteiger partial charge in [0.15, 0.2) is 0 Å². The molecule has 0 aliphatic carbocycles. The number of fused-ring (bicyclic) bond motifs is 1. The summed E-state index contributed by atoms with van der Waals surface area (Å²) in [5.41, 5.74) is 0. The van der Waals surface area contributed by atoms with E-state index in [-0.39, 0.29) is 40.2 Å². The quantitative estimate of drug-likeness (QED) is 0.311. The molecule has 3 aromatic rings. The van der Waals surface area contributed by atoms with E-state index in [1.165, 1.54) is 24.5 Å². The van der Waals surface area contributed by atoms with Crippen molar-refractivity contribution in [1.82, 2.24) is 14.9 Å². The van der Waals surface area contributed by atoms with Crippen molar-refractivity contribution < 1.29 is 22.4 Å². The van der Waals surface area contributed by atoms with E-state index in [4.69, 9.17) is 0 Å². The van der Waals surface area contributed by atoms with Crippen molar-refractivity contribution in [3.63, 3.8) is 0 Å². The van der Waals surface area contributed by atoms with Crippen molar-refractivity contribution in [3.8, 4) is 0 Å². The van der Waals surface area contributed by atoms with Gasteiger partial charge in [-0.15, -0.1) is 11.3 Å². The van der Waals surface area contributed by atoms with Crippen LogP contribution in [0.25, 0.3) is 10.1 Å². The fourth-order valence-electron chi connectivity index (χ4n) is 3.64. The van der Waals surface area contributed by atoms with Gasteiger partial charge in [-0.3, -0.25) is 9.59 Å². The Balaban J connectivity index is 1.56. The first-order valence-electron chi connectivity index (χ1n) is 11.5. The summed E-state index contributed by atoms with van der Waals surface area (Å²) in [6.45, 7) is 4.32. The summed E-state index contributed by atoms with van der Waals surface area (Å²) >= 11 is 4.47. The molecule has 36 heavy (non-hydrogen) atoms. The minimum Gasteiger partial charge on any atom is -0.354 e. The van der Waals surface area contributed by atoms with Gasteiger partial charge in [-0.05, 0) is 70.4 Å². The van der Waals surface area contributed by atoms with Gasteiger partial charge in [0, 0.05) is 29.3 Å². The van der Waals surface area contributed by atoms with Crippen LogP contribution < -0.4 is 10.6 Å². The molecule has 0 fully saturated rings. The van der Waals surface area contributed by atoms with Crippen LogP contribution in [0.4, 0.5) is 4.39 Å². The number of carbonyl (C=O) groups is 2. The third-order valence-electron chi connectivity index (χ3n) is 5.51. The van der Waals surface area contributed by atoms with E-state index in [9.17, 15) is 22.4 Å². The van der Waals surface area contributed by atoms with Gasteiger partial charge in [-0.2, -0.15) is 0 Å². The van der Waals surface area contributed by atoms with E-state index >= 15 is 0 Å². The van der Waals surface area contributed by atoms with Gasteiger partial charge in [0.05, 0.1) is 9.77 Å². The Morgan fingerprint density at radius 3 is 2.53 bits per heavy atom. The van der Waals surface area contributed by atoms with Crippen LogP contribution in [0.15, 0.2) is 57.9 Å². The Labute approximate surface area is 223 Å². The van der Waals surface area contributed by atoms with Gasteiger partial charge in [0.2, 0.25) is 15.9 Å². The van der Waals surface area contributed by atoms with Crippen LogP contribution in [0.5, 0.6) is 0 Å². The zero-order valence-corrected chi connectivity index (χ0v) is 23.5. The lowest BCUT2D eigenvalue weighted by atomic mass is 10.0. The Morgan fingerprint density at radius 2 is 1.86 bits per heavy atom. The van der Waals surface area contributed by atoms with Crippen LogP contribution in [0.3, 0.4) is 0 Å². The summed E-state index contributed by atoms with van der Waals surface area (Å²) < 4.78 is 41.2. The van der Waals surface area contributed by atoms with Crippen LogP contribution >= 0.6 is 27.3 Å². The molecule has 1 heterocycles. The SMILES string of the molecule is CC(C)C[C@H](NC(=O)c1cc2ccccc2s1)C(=O)NCCCN(C)S(=O)(=O)c1ccc(F)cc1Br. The van der Waals surface area contributed by atoms with Crippen molar-refractivity contribution in [2.75, 3.05) is 20.1 Å². The lowest BCUT2D eigenvalue weighted by Gasteiger charge is -2.21. The molecule has 2 N–H and O–H groups in total. The summed E-state index contributed by atoms with van der Waals surface area (Å²) in [5, 5.41) is 6.63. The maximum atomic E-state index is 13.3. The van der Waals surface area contributed by atoms with E-state index in [0.717, 1.165) is 26.5 Å². The number of hydrogen-bond acceptors (Lipinski definition) is 5. The van der Waals surface area contributed by atoms with Crippen LogP contribution in [-0.4, -0.2) is 50.7 Å². The van der Waals surface area contributed by atoms with Gasteiger partial charge in [-0.1, -0.05) is 32.0 Å². The molecule has 2 aromatic carbocycles. The number of nitrogens with one attached hydrogen (secondary N) is 2. The normalized spacial score (nSPS) is 12.8. The molecule has 0 radical (unpaired) electrons. The van der Waals surface area contributed by atoms with Gasteiger partial charge in [-0.25, -0.2) is 17.1 Å². The molecular weight excluding hydrogens is 569 g/mol. The highest BCUT2D eigenvalue weighted by Gasteiger charge is 2.25. The maximum Gasteiger partial charge on any atom is 0.262 e. The fourth-order valence-corrected chi connectivity index (χ4v) is 6.82. The Morgan fingerprint density at radius 1 is 1.14 bits per heavy atom. The summed E-state index contributed by atoms with van der Waals surface area (Å²) in [6.07, 6.45) is 0.828. The van der Waals surface area contributed by atoms with Crippen molar-refractivity contribution >= 4 is 59.2 Å². The zero-order valence-electron chi connectivity index (χ0n) is 20.3. The molecule has 0 bridgehead atoms. The van der Waals surface area contributed by atoms with Gasteiger partial charge in [0.1, 0.15) is 11.9 Å². The smallest absolute Gasteiger partial charge is 0.262 e. The van der Waals surface area contributed by atoms with Gasteiger partial charge >= 0.3 is 0 Å². The molecule has 0 saturated carbocycles. The standard InChI is InChI=1S/C25H29BrFN3O4S2/c1-16(2)13-20(29-25(32)22-14-17-7-4-5-8-21(17)35-22)24(31)28-11-6-12-30(3)36(33,34)23-10-9-18(27)15-19(23)26/h4-5,7-10,14-16,20H,6,11-13H2,1-3H3,(H,28,31)(H,29,32)/t20-/m0/s1. The van der Waals surface area contributed by atoms with E-state index < -0.39 is 21.9 Å². The molecule has 0 spiro atoms. The third kappa shape index (κ3) is 7.12. The lowest BCUT2D eigenvalue weighted by Crippen LogP contribution is -2.47. The third-order valence-corrected chi connectivity index (χ3v) is 9.46. The molecule has 3 rings (SSSR count). The predicted octanol–water partition coefficient (Wildman–Crippen LogP) is 4.77. The fraction of sp³-hybridized carbons (Fsp3) is 0.360. The molecule has 194 valence electrons. The number of nitrogens with zero attached hydrogens (tertiary/aromatic N) is 1. The zero-order chi connectivity index (χ0) is 26.5. The first-order valence-corrected chi connectivity index (χ1v) is 14.5. The van der Waals surface area contributed by atoms with Gasteiger partial charge < -0.3 is 10.6 Å². The van der Waals surface area contributed by atoms with Crippen molar-refractivity contribution in [2.45, 2.75) is 37.6 Å². The molecule has 0 saturated heterocycles. The van der Waals surface area contributed by atoms with E-state index in [2.05, 4.69) is 26.6 Å². The first kappa shape index (κ1) is 28.2. The van der Waals surface area contributed by atoms with Crippen molar-refractivity contribution in [2.24, 2.45) is 5.92 Å². The predicted molar refractivity (Wildman–Crippen MR) is 144 cm³/mol. The number of hydrogen-bond donors (Lipinski definition) is 2. The largest absolute Gasteiger partial charge is 0.354 e. The molecule has 7 nitrogen and oxygen atoms in total. The number of sulfonamides is 1. The number of halogens is 2. The summed E-state index contributed by atoms with van der Waals surface area (Å²) in [7, 11) is -2.40. The monoisotopic (exact) mass is 597 g/mol. The molecular formula is C25H29BrFN3O4S2. The maximum absolute atomic E-state index is 13.3. The van der Waals surface area contributed by atoms with Crippen LogP contribution in [0, 0.1) is 11.7 Å². The van der Waals surface area contributed by atoms with Gasteiger partial charge in [0.25, 0.3) is 5.91 Å². The molecule has 1 atom stereocenters. The number of rotatable bonds is 11. The van der Waals surface area contributed by atoms with E-state index in [1.807, 2.05) is 44.2 Å². The average Bonchev–Trinajstić information content (AvgIpc) is 3.25. The molecule has 11 heteroatoms. The average molecular weight is 599 g/mol. The second-order valence-corrected chi connectivity index (χ2v) is 12.8. The second kappa shape index (κ2) is 12.3. The van der Waals surface area contributed by atoms with Crippen LogP contribution in [0.1, 0.15) is 36.4 Å². The summed E-state index contributed by atoms with van der Waals surface area (Å²) in [4.78, 5) is 26.2. The highest BCUT2D eigenvalue weighted by molar-refractivity contribution is 9.10. The Bertz CT molecular complexity index is 1310. The first-order chi connectivity index (χ1) is 17.0. The van der Waals surface area contributed by atoms with Crippen molar-refractivity contribution in [3.05, 3.63) is 63.7 Å². The number of carbonyl (C=O) groups excluding carboxylic acids is 2. The van der Waals surface area contributed by atoms with Crippen LogP contribution in [0.2, 0.25) is 0 Å². The minimum atomic E-state index is -3.83. The lowest BCUT2D eigenvalue weighted by molar-refractivity contribution is -0.123. The van der Waals surface area contributed by atoms with Crippen LogP contribution in [-0.2, 0) is 14.8 Å². The summed E-state index contributed by atoms with van der Waals surface area (Å²) in [5.74, 6) is -0.979. The minimum absolute atomic E-state index is 0.0311. The molecule has 2 amide bonds. The molecule has 0 aliphatic heterocycles. The Kier molecular flexibility index (Phi) is 9.62. The number of benzene rings is 2.